The highest BCUT2D eigenvalue weighted by Gasteiger charge is 2.36. The molecule has 1 aliphatic rings. The van der Waals surface area contributed by atoms with Gasteiger partial charge in [0.2, 0.25) is 0 Å². The Kier molecular flexibility index (Phi) is 6.86. The highest BCUT2D eigenvalue weighted by Crippen LogP contribution is 2.28. The van der Waals surface area contributed by atoms with Crippen LogP contribution in [0.25, 0.3) is 0 Å². The van der Waals surface area contributed by atoms with Gasteiger partial charge in [-0.1, -0.05) is 18.2 Å². The first-order chi connectivity index (χ1) is 13.5. The summed E-state index contributed by atoms with van der Waals surface area (Å²) in [7, 11) is 1.72. The molecule has 1 saturated heterocycles. The third-order valence-electron chi connectivity index (χ3n) is 5.78. The molecule has 2 heterocycles. The lowest BCUT2D eigenvalue weighted by Gasteiger charge is -2.42. The SMILES string of the molecule is CCn1cc(CN2CCC(CCOC)(NC(=O)c3ccccc3)CC2)c(C)n1. The van der Waals surface area contributed by atoms with Crippen LogP contribution in [0.1, 0.15) is 47.8 Å². The van der Waals surface area contributed by atoms with Crippen molar-refractivity contribution in [3.63, 3.8) is 0 Å². The van der Waals surface area contributed by atoms with E-state index in [4.69, 9.17) is 4.74 Å². The number of hydrogen-bond acceptors (Lipinski definition) is 4. The fourth-order valence-corrected chi connectivity index (χ4v) is 3.89. The van der Waals surface area contributed by atoms with Crippen molar-refractivity contribution in [2.24, 2.45) is 0 Å². The van der Waals surface area contributed by atoms with E-state index in [0.717, 1.165) is 51.1 Å². The van der Waals surface area contributed by atoms with Gasteiger partial charge in [0.25, 0.3) is 5.91 Å². The molecule has 6 nitrogen and oxygen atoms in total. The summed E-state index contributed by atoms with van der Waals surface area (Å²) in [5.74, 6) is 0.00483. The average Bonchev–Trinajstić information content (AvgIpc) is 3.08. The van der Waals surface area contributed by atoms with E-state index in [0.29, 0.717) is 12.2 Å². The zero-order valence-electron chi connectivity index (χ0n) is 17.3. The molecule has 2 aromatic rings. The van der Waals surface area contributed by atoms with Crippen molar-refractivity contribution in [3.8, 4) is 0 Å². The van der Waals surface area contributed by atoms with Crippen molar-refractivity contribution < 1.29 is 9.53 Å². The first-order valence-electron chi connectivity index (χ1n) is 10.2. The molecule has 1 N–H and O–H groups in total. The van der Waals surface area contributed by atoms with E-state index < -0.39 is 0 Å². The van der Waals surface area contributed by atoms with Crippen LogP contribution in [0.3, 0.4) is 0 Å². The molecule has 0 bridgehead atoms. The molecule has 28 heavy (non-hydrogen) atoms. The molecule has 0 saturated carbocycles. The number of rotatable bonds is 8. The van der Waals surface area contributed by atoms with E-state index in [-0.39, 0.29) is 11.4 Å². The first-order valence-corrected chi connectivity index (χ1v) is 10.2. The third kappa shape index (κ3) is 5.00. The van der Waals surface area contributed by atoms with Gasteiger partial charge < -0.3 is 10.1 Å². The second-order valence-corrected chi connectivity index (χ2v) is 7.71. The molecule has 0 spiro atoms. The van der Waals surface area contributed by atoms with Gasteiger partial charge in [0.1, 0.15) is 0 Å². The lowest BCUT2D eigenvalue weighted by Crippen LogP contribution is -2.55. The summed E-state index contributed by atoms with van der Waals surface area (Å²) in [6, 6.07) is 9.46. The number of likely N-dealkylation sites (tertiary alicyclic amines) is 1. The predicted molar refractivity (Wildman–Crippen MR) is 110 cm³/mol. The van der Waals surface area contributed by atoms with Crippen LogP contribution < -0.4 is 5.32 Å². The number of carbonyl (C=O) groups excluding carboxylic acids is 1. The quantitative estimate of drug-likeness (QED) is 0.760. The van der Waals surface area contributed by atoms with Crippen LogP contribution >= 0.6 is 0 Å². The number of aromatic nitrogens is 2. The molecule has 3 rings (SSSR count). The van der Waals surface area contributed by atoms with Crippen LogP contribution in [0.4, 0.5) is 0 Å². The minimum Gasteiger partial charge on any atom is -0.385 e. The number of amides is 1. The summed E-state index contributed by atoms with van der Waals surface area (Å²) in [5, 5.41) is 7.88. The number of nitrogens with one attached hydrogen (secondary N) is 1. The normalized spacial score (nSPS) is 16.8. The highest BCUT2D eigenvalue weighted by atomic mass is 16.5. The lowest BCUT2D eigenvalue weighted by molar-refractivity contribution is 0.0690. The third-order valence-corrected chi connectivity index (χ3v) is 5.78. The Bertz CT molecular complexity index is 764. The van der Waals surface area contributed by atoms with Gasteiger partial charge in [-0.25, -0.2) is 0 Å². The Labute approximate surface area is 167 Å². The fraction of sp³-hybridized carbons (Fsp3) is 0.545. The molecule has 6 heteroatoms. The second kappa shape index (κ2) is 9.34. The van der Waals surface area contributed by atoms with E-state index in [1.165, 1.54) is 5.56 Å². The van der Waals surface area contributed by atoms with E-state index in [1.54, 1.807) is 7.11 Å². The number of aryl methyl sites for hydroxylation is 2. The summed E-state index contributed by atoms with van der Waals surface area (Å²) in [4.78, 5) is 15.2. The summed E-state index contributed by atoms with van der Waals surface area (Å²) >= 11 is 0. The van der Waals surface area contributed by atoms with Gasteiger partial charge in [-0.3, -0.25) is 14.4 Å². The Balaban J connectivity index is 1.63. The van der Waals surface area contributed by atoms with Crippen LogP contribution in [0.2, 0.25) is 0 Å². The van der Waals surface area contributed by atoms with Crippen molar-refractivity contribution >= 4 is 5.91 Å². The smallest absolute Gasteiger partial charge is 0.251 e. The standard InChI is InChI=1S/C22H32N4O2/c1-4-26-17-20(18(2)24-26)16-25-13-10-22(11-14-25,12-15-28-3)23-21(27)19-8-6-5-7-9-19/h5-9,17H,4,10-16H2,1-3H3,(H,23,27). The molecule has 0 atom stereocenters. The molecule has 1 aromatic heterocycles. The van der Waals surface area contributed by atoms with Gasteiger partial charge in [0.05, 0.1) is 5.69 Å². The number of piperidine rings is 1. The topological polar surface area (TPSA) is 59.4 Å². The van der Waals surface area contributed by atoms with Crippen molar-refractivity contribution in [2.45, 2.75) is 51.7 Å². The number of hydrogen-bond donors (Lipinski definition) is 1. The minimum atomic E-state index is -0.206. The molecule has 152 valence electrons. The largest absolute Gasteiger partial charge is 0.385 e. The molecule has 1 amide bonds. The van der Waals surface area contributed by atoms with E-state index in [2.05, 4.69) is 35.4 Å². The summed E-state index contributed by atoms with van der Waals surface area (Å²) in [6.07, 6.45) is 4.84. The second-order valence-electron chi connectivity index (χ2n) is 7.71. The van der Waals surface area contributed by atoms with Gasteiger partial charge in [-0.15, -0.1) is 0 Å². The van der Waals surface area contributed by atoms with Crippen LogP contribution in [-0.2, 0) is 17.8 Å². The number of carbonyl (C=O) groups is 1. The molecule has 0 radical (unpaired) electrons. The van der Waals surface area contributed by atoms with E-state index in [9.17, 15) is 4.79 Å². The van der Waals surface area contributed by atoms with Gasteiger partial charge in [0.15, 0.2) is 0 Å². The minimum absolute atomic E-state index is 0.00483. The van der Waals surface area contributed by atoms with Crippen molar-refractivity contribution in [1.82, 2.24) is 20.0 Å². The Hall–Kier alpha value is -2.18. The first kappa shape index (κ1) is 20.6. The van der Waals surface area contributed by atoms with Crippen molar-refractivity contribution in [2.75, 3.05) is 26.8 Å². The van der Waals surface area contributed by atoms with Gasteiger partial charge in [-0.05, 0) is 45.2 Å². The van der Waals surface area contributed by atoms with E-state index >= 15 is 0 Å². The zero-order valence-corrected chi connectivity index (χ0v) is 17.3. The average molecular weight is 385 g/mol. The Morgan fingerprint density at radius 1 is 1.25 bits per heavy atom. The zero-order chi connectivity index (χ0) is 20.0. The van der Waals surface area contributed by atoms with Gasteiger partial charge in [0, 0.05) is 62.8 Å². The maximum Gasteiger partial charge on any atom is 0.251 e. The molecule has 1 aromatic carbocycles. The van der Waals surface area contributed by atoms with Crippen LogP contribution in [0.5, 0.6) is 0 Å². The molecule has 1 fully saturated rings. The Morgan fingerprint density at radius 3 is 2.57 bits per heavy atom. The van der Waals surface area contributed by atoms with Crippen molar-refractivity contribution in [3.05, 3.63) is 53.3 Å². The number of nitrogens with zero attached hydrogens (tertiary/aromatic N) is 3. The molecule has 0 aliphatic carbocycles. The van der Waals surface area contributed by atoms with Crippen LogP contribution in [-0.4, -0.2) is 52.9 Å². The molecular formula is C22H32N4O2. The number of methoxy groups -OCH3 is 1. The number of benzene rings is 1. The summed E-state index contributed by atoms with van der Waals surface area (Å²) in [6.45, 7) is 8.55. The predicted octanol–water partition coefficient (Wildman–Crippen LogP) is 3.01. The lowest BCUT2D eigenvalue weighted by atomic mass is 9.84. The summed E-state index contributed by atoms with van der Waals surface area (Å²) in [5.41, 5.74) is 2.90. The Morgan fingerprint density at radius 2 is 1.96 bits per heavy atom. The van der Waals surface area contributed by atoms with Gasteiger partial charge >= 0.3 is 0 Å². The molecule has 0 unspecified atom stereocenters. The monoisotopic (exact) mass is 384 g/mol. The maximum atomic E-state index is 12.8. The molecular weight excluding hydrogens is 352 g/mol. The van der Waals surface area contributed by atoms with E-state index in [1.807, 2.05) is 35.0 Å². The number of ether oxygens (including phenoxy) is 1. The fourth-order valence-electron chi connectivity index (χ4n) is 3.89. The highest BCUT2D eigenvalue weighted by molar-refractivity contribution is 5.94. The van der Waals surface area contributed by atoms with Gasteiger partial charge in [-0.2, -0.15) is 5.10 Å². The van der Waals surface area contributed by atoms with Crippen LogP contribution in [0, 0.1) is 6.92 Å². The van der Waals surface area contributed by atoms with Crippen LogP contribution in [0.15, 0.2) is 36.5 Å². The molecule has 1 aliphatic heterocycles. The summed E-state index contributed by atoms with van der Waals surface area (Å²) < 4.78 is 7.33. The maximum absolute atomic E-state index is 12.8. The van der Waals surface area contributed by atoms with Crippen molar-refractivity contribution in [1.29, 1.82) is 0 Å².